The Bertz CT molecular complexity index is 533. The number of aromatic nitrogens is 1. The third-order valence-electron chi connectivity index (χ3n) is 3.05. The molecule has 2 aromatic heterocycles. The van der Waals surface area contributed by atoms with E-state index < -0.39 is 0 Å². The van der Waals surface area contributed by atoms with Gasteiger partial charge in [-0.15, -0.1) is 11.3 Å². The van der Waals surface area contributed by atoms with Crippen LogP contribution in [-0.2, 0) is 11.3 Å². The van der Waals surface area contributed by atoms with Crippen molar-refractivity contribution in [2.75, 3.05) is 6.54 Å². The van der Waals surface area contributed by atoms with Crippen molar-refractivity contribution in [1.29, 1.82) is 0 Å². The summed E-state index contributed by atoms with van der Waals surface area (Å²) in [4.78, 5) is 18.8. The number of hydrogen-bond donors (Lipinski definition) is 1. The van der Waals surface area contributed by atoms with Crippen LogP contribution in [0.15, 0.2) is 24.5 Å². The summed E-state index contributed by atoms with van der Waals surface area (Å²) >= 11 is 1.71. The minimum atomic E-state index is -0.300. The molecule has 0 bridgehead atoms. The molecule has 17 heavy (non-hydrogen) atoms. The zero-order valence-electron chi connectivity index (χ0n) is 9.30. The van der Waals surface area contributed by atoms with Crippen molar-refractivity contribution in [3.05, 3.63) is 29.4 Å². The lowest BCUT2D eigenvalue weighted by Crippen LogP contribution is -2.33. The molecule has 1 saturated heterocycles. The van der Waals surface area contributed by atoms with Crippen molar-refractivity contribution in [1.82, 2.24) is 9.88 Å². The molecular weight excluding hydrogens is 234 g/mol. The van der Waals surface area contributed by atoms with E-state index in [0.29, 0.717) is 6.54 Å². The Morgan fingerprint density at radius 3 is 3.18 bits per heavy atom. The summed E-state index contributed by atoms with van der Waals surface area (Å²) in [6, 6.07) is 3.80. The number of amides is 1. The van der Waals surface area contributed by atoms with Crippen molar-refractivity contribution in [2.24, 2.45) is 5.73 Å². The van der Waals surface area contributed by atoms with E-state index in [4.69, 9.17) is 5.73 Å². The summed E-state index contributed by atoms with van der Waals surface area (Å²) in [5.74, 6) is 0.0700. The van der Waals surface area contributed by atoms with Crippen LogP contribution in [0, 0.1) is 0 Å². The fourth-order valence-corrected chi connectivity index (χ4v) is 3.17. The van der Waals surface area contributed by atoms with Crippen molar-refractivity contribution in [3.63, 3.8) is 0 Å². The third-order valence-corrected chi connectivity index (χ3v) is 4.15. The van der Waals surface area contributed by atoms with Gasteiger partial charge < -0.3 is 10.6 Å². The average molecular weight is 247 g/mol. The van der Waals surface area contributed by atoms with Gasteiger partial charge in [-0.2, -0.15) is 0 Å². The maximum atomic E-state index is 11.7. The van der Waals surface area contributed by atoms with E-state index in [-0.39, 0.29) is 11.9 Å². The summed E-state index contributed by atoms with van der Waals surface area (Å²) < 4.78 is 1.21. The van der Waals surface area contributed by atoms with Gasteiger partial charge in [0.1, 0.15) is 0 Å². The largest absolute Gasteiger partial charge is 0.336 e. The number of nitrogens with zero attached hydrogens (tertiary/aromatic N) is 2. The van der Waals surface area contributed by atoms with Crippen molar-refractivity contribution >= 4 is 27.3 Å². The zero-order valence-corrected chi connectivity index (χ0v) is 10.1. The van der Waals surface area contributed by atoms with E-state index in [1.165, 1.54) is 9.58 Å². The van der Waals surface area contributed by atoms with Crippen LogP contribution in [0.1, 0.15) is 11.3 Å². The normalized spacial score (nSPS) is 20.4. The van der Waals surface area contributed by atoms with Gasteiger partial charge >= 0.3 is 0 Å². The number of thiophene rings is 1. The summed E-state index contributed by atoms with van der Waals surface area (Å²) in [6.07, 6.45) is 4.41. The molecule has 1 amide bonds. The maximum absolute atomic E-state index is 11.7. The Labute approximate surface area is 103 Å². The lowest BCUT2D eigenvalue weighted by molar-refractivity contribution is -0.129. The number of fused-ring (bicyclic) bond motifs is 1. The SMILES string of the molecule is N[C@H]1CCN(Cc2cc3cnccc3s2)C1=O. The average Bonchev–Trinajstić information content (AvgIpc) is 2.87. The van der Waals surface area contributed by atoms with Crippen molar-refractivity contribution in [3.8, 4) is 0 Å². The van der Waals surface area contributed by atoms with Crippen LogP contribution in [0.4, 0.5) is 0 Å². The molecular formula is C12H13N3OS. The van der Waals surface area contributed by atoms with E-state index in [2.05, 4.69) is 11.1 Å². The number of likely N-dealkylation sites (tertiary alicyclic amines) is 1. The molecule has 0 unspecified atom stereocenters. The van der Waals surface area contributed by atoms with Crippen LogP contribution in [0.3, 0.4) is 0 Å². The van der Waals surface area contributed by atoms with Gasteiger partial charge in [-0.25, -0.2) is 0 Å². The highest BCUT2D eigenvalue weighted by atomic mass is 32.1. The molecule has 0 saturated carbocycles. The molecule has 5 heteroatoms. The molecule has 88 valence electrons. The molecule has 1 atom stereocenters. The van der Waals surface area contributed by atoms with Gasteiger partial charge in [0.15, 0.2) is 0 Å². The molecule has 0 radical (unpaired) electrons. The van der Waals surface area contributed by atoms with Gasteiger partial charge in [0.25, 0.3) is 0 Å². The van der Waals surface area contributed by atoms with Gasteiger partial charge in [-0.3, -0.25) is 9.78 Å². The number of rotatable bonds is 2. The number of carbonyl (C=O) groups is 1. The molecule has 3 rings (SSSR count). The highest BCUT2D eigenvalue weighted by molar-refractivity contribution is 7.19. The molecule has 1 aliphatic rings. The Hall–Kier alpha value is -1.46. The second-order valence-corrected chi connectivity index (χ2v) is 5.45. The Morgan fingerprint density at radius 1 is 1.59 bits per heavy atom. The molecule has 0 spiro atoms. The molecule has 1 fully saturated rings. The first-order valence-corrected chi connectivity index (χ1v) is 6.42. The Kier molecular flexibility index (Phi) is 2.57. The molecule has 3 heterocycles. The van der Waals surface area contributed by atoms with Crippen molar-refractivity contribution in [2.45, 2.75) is 19.0 Å². The minimum absolute atomic E-state index is 0.0700. The first kappa shape index (κ1) is 10.7. The molecule has 2 aromatic rings. The van der Waals surface area contributed by atoms with E-state index >= 15 is 0 Å². The number of hydrogen-bond acceptors (Lipinski definition) is 4. The standard InChI is InChI=1S/C12H13N3OS/c13-10-2-4-15(12(10)16)7-9-5-8-6-14-3-1-11(8)17-9/h1,3,5-6,10H,2,4,7,13H2/t10-/m0/s1. The van der Waals surface area contributed by atoms with Gasteiger partial charge in [-0.05, 0) is 18.6 Å². The number of pyridine rings is 1. The molecule has 4 nitrogen and oxygen atoms in total. The van der Waals surface area contributed by atoms with Crippen LogP contribution < -0.4 is 5.73 Å². The summed E-state index contributed by atoms with van der Waals surface area (Å²) in [7, 11) is 0. The molecule has 0 aromatic carbocycles. The summed E-state index contributed by atoms with van der Waals surface area (Å²) in [5, 5.41) is 1.14. The van der Waals surface area contributed by atoms with Gasteiger partial charge in [-0.1, -0.05) is 0 Å². The van der Waals surface area contributed by atoms with Crippen LogP contribution in [-0.4, -0.2) is 28.4 Å². The first-order valence-electron chi connectivity index (χ1n) is 5.61. The van der Waals surface area contributed by atoms with E-state index in [9.17, 15) is 4.79 Å². The van der Waals surface area contributed by atoms with Crippen LogP contribution in [0.2, 0.25) is 0 Å². The van der Waals surface area contributed by atoms with Gasteiger partial charge in [0.2, 0.25) is 5.91 Å². The highest BCUT2D eigenvalue weighted by Gasteiger charge is 2.28. The topological polar surface area (TPSA) is 59.2 Å². The quantitative estimate of drug-likeness (QED) is 0.871. The Morgan fingerprint density at radius 2 is 2.47 bits per heavy atom. The predicted octanol–water partition coefficient (Wildman–Crippen LogP) is 1.36. The monoisotopic (exact) mass is 247 g/mol. The van der Waals surface area contributed by atoms with Gasteiger partial charge in [0, 0.05) is 33.9 Å². The molecule has 0 aliphatic carbocycles. The van der Waals surface area contributed by atoms with Crippen molar-refractivity contribution < 1.29 is 4.79 Å². The maximum Gasteiger partial charge on any atom is 0.239 e. The number of nitrogens with two attached hydrogens (primary N) is 1. The van der Waals surface area contributed by atoms with E-state index in [0.717, 1.165) is 18.4 Å². The lowest BCUT2D eigenvalue weighted by Gasteiger charge is -2.14. The first-order chi connectivity index (χ1) is 8.24. The second kappa shape index (κ2) is 4.09. The fourth-order valence-electron chi connectivity index (χ4n) is 2.13. The molecule has 2 N–H and O–H groups in total. The van der Waals surface area contributed by atoms with E-state index in [1.807, 2.05) is 17.2 Å². The smallest absolute Gasteiger partial charge is 0.239 e. The fraction of sp³-hybridized carbons (Fsp3) is 0.333. The lowest BCUT2D eigenvalue weighted by atomic mass is 10.3. The van der Waals surface area contributed by atoms with Crippen LogP contribution in [0.5, 0.6) is 0 Å². The molecule has 1 aliphatic heterocycles. The predicted molar refractivity (Wildman–Crippen MR) is 67.6 cm³/mol. The Balaban J connectivity index is 1.83. The minimum Gasteiger partial charge on any atom is -0.336 e. The van der Waals surface area contributed by atoms with E-state index in [1.54, 1.807) is 17.5 Å². The van der Waals surface area contributed by atoms with Gasteiger partial charge in [0.05, 0.1) is 12.6 Å². The third kappa shape index (κ3) is 1.92. The summed E-state index contributed by atoms with van der Waals surface area (Å²) in [5.41, 5.74) is 5.70. The second-order valence-electron chi connectivity index (χ2n) is 4.28. The zero-order chi connectivity index (χ0) is 11.8. The number of carbonyl (C=O) groups excluding carboxylic acids is 1. The van der Waals surface area contributed by atoms with Crippen LogP contribution >= 0.6 is 11.3 Å². The highest BCUT2D eigenvalue weighted by Crippen LogP contribution is 2.26. The van der Waals surface area contributed by atoms with Crippen LogP contribution in [0.25, 0.3) is 10.1 Å². The summed E-state index contributed by atoms with van der Waals surface area (Å²) in [6.45, 7) is 1.44.